The quantitative estimate of drug-likeness (QED) is 0.536. The maximum atomic E-state index is 14.5. The second-order valence-electron chi connectivity index (χ2n) is 8.99. The number of aromatic nitrogens is 1. The van der Waals surface area contributed by atoms with E-state index in [1.807, 2.05) is 26.0 Å². The van der Waals surface area contributed by atoms with Crippen LogP contribution in [0.25, 0.3) is 11.1 Å². The summed E-state index contributed by atoms with van der Waals surface area (Å²) in [6.07, 6.45) is 2.15. The van der Waals surface area contributed by atoms with Crippen LogP contribution in [0.15, 0.2) is 48.7 Å². The minimum absolute atomic E-state index is 0.0250. The Bertz CT molecular complexity index is 1230. The summed E-state index contributed by atoms with van der Waals surface area (Å²) in [5.41, 5.74) is 5.43. The molecule has 4 rings (SSSR count). The molecule has 0 saturated heterocycles. The van der Waals surface area contributed by atoms with Crippen LogP contribution in [0.2, 0.25) is 0 Å². The second kappa shape index (κ2) is 9.25. The second-order valence-corrected chi connectivity index (χ2v) is 8.99. The molecule has 176 valence electrons. The minimum Gasteiger partial charge on any atom is -0.487 e. The third kappa shape index (κ3) is 4.78. The molecule has 34 heavy (non-hydrogen) atoms. The number of aryl methyl sites for hydroxylation is 2. The summed E-state index contributed by atoms with van der Waals surface area (Å²) in [5, 5.41) is 9.07. The molecule has 0 unspecified atom stereocenters. The fourth-order valence-electron chi connectivity index (χ4n) is 4.29. The van der Waals surface area contributed by atoms with E-state index in [-0.39, 0.29) is 30.2 Å². The van der Waals surface area contributed by atoms with Crippen molar-refractivity contribution >= 4 is 11.9 Å². The van der Waals surface area contributed by atoms with Crippen molar-refractivity contribution in [3.05, 3.63) is 82.4 Å². The van der Waals surface area contributed by atoms with Crippen LogP contribution in [-0.4, -0.2) is 41.0 Å². The predicted octanol–water partition coefficient (Wildman–Crippen LogP) is 4.97. The van der Waals surface area contributed by atoms with E-state index in [1.165, 1.54) is 11.0 Å². The maximum Gasteiger partial charge on any atom is 0.307 e. The molecule has 1 heterocycles. The summed E-state index contributed by atoms with van der Waals surface area (Å²) >= 11 is 0. The molecule has 2 aromatic carbocycles. The third-order valence-corrected chi connectivity index (χ3v) is 6.16. The molecule has 3 aromatic rings. The standard InChI is InChI=1S/C27H27FN2O4/c1-15-9-18(26(31)30(3)4)10-16(2)25(15)17-5-7-23(28)19(11-17)14-34-20-6-8-24(29-13-20)21-12-22(21)27(32)33/h5-11,13,21-22H,12,14H2,1-4H3,(H,32,33)/t21-,22-/m0/s1. The first-order valence-corrected chi connectivity index (χ1v) is 11.1. The predicted molar refractivity (Wildman–Crippen MR) is 126 cm³/mol. The number of carboxylic acids is 1. The zero-order chi connectivity index (χ0) is 24.6. The first-order chi connectivity index (χ1) is 16.2. The van der Waals surface area contributed by atoms with Crippen molar-refractivity contribution in [1.29, 1.82) is 0 Å². The van der Waals surface area contributed by atoms with Crippen LogP contribution in [0.4, 0.5) is 4.39 Å². The smallest absolute Gasteiger partial charge is 0.307 e. The van der Waals surface area contributed by atoms with Gasteiger partial charge in [0.05, 0.1) is 12.1 Å². The first-order valence-electron chi connectivity index (χ1n) is 11.1. The number of rotatable bonds is 7. The van der Waals surface area contributed by atoms with Crippen molar-refractivity contribution < 1.29 is 23.8 Å². The molecule has 1 amide bonds. The molecule has 1 aliphatic rings. The van der Waals surface area contributed by atoms with Gasteiger partial charge in [-0.05, 0) is 78.9 Å². The molecule has 1 aliphatic carbocycles. The van der Waals surface area contributed by atoms with Crippen molar-refractivity contribution in [3.8, 4) is 16.9 Å². The van der Waals surface area contributed by atoms with Gasteiger partial charge in [0.15, 0.2) is 0 Å². The van der Waals surface area contributed by atoms with Crippen molar-refractivity contribution in [2.75, 3.05) is 14.1 Å². The van der Waals surface area contributed by atoms with Gasteiger partial charge in [-0.2, -0.15) is 0 Å². The van der Waals surface area contributed by atoms with Gasteiger partial charge >= 0.3 is 5.97 Å². The average molecular weight is 463 g/mol. The molecule has 7 heteroatoms. The van der Waals surface area contributed by atoms with E-state index in [9.17, 15) is 14.0 Å². The summed E-state index contributed by atoms with van der Waals surface area (Å²) < 4.78 is 20.3. The average Bonchev–Trinajstić information content (AvgIpc) is 3.60. The van der Waals surface area contributed by atoms with E-state index in [0.29, 0.717) is 23.3 Å². The number of benzene rings is 2. The summed E-state index contributed by atoms with van der Waals surface area (Å²) in [7, 11) is 3.43. The van der Waals surface area contributed by atoms with Crippen molar-refractivity contribution in [2.24, 2.45) is 5.92 Å². The van der Waals surface area contributed by atoms with Gasteiger partial charge < -0.3 is 14.7 Å². The van der Waals surface area contributed by atoms with Crippen molar-refractivity contribution in [3.63, 3.8) is 0 Å². The summed E-state index contributed by atoms with van der Waals surface area (Å²) in [4.78, 5) is 29.3. The van der Waals surface area contributed by atoms with Crippen molar-refractivity contribution in [1.82, 2.24) is 9.88 Å². The van der Waals surface area contributed by atoms with Crippen LogP contribution < -0.4 is 4.74 Å². The minimum atomic E-state index is -0.799. The van der Waals surface area contributed by atoms with Gasteiger partial charge in [0.25, 0.3) is 5.91 Å². The van der Waals surface area contributed by atoms with Crippen LogP contribution in [0.3, 0.4) is 0 Å². The Balaban J connectivity index is 1.51. The number of ether oxygens (including phenoxy) is 1. The van der Waals surface area contributed by atoms with Gasteiger partial charge in [-0.3, -0.25) is 14.6 Å². The van der Waals surface area contributed by atoms with Crippen LogP contribution in [0, 0.1) is 25.6 Å². The van der Waals surface area contributed by atoms with Crippen LogP contribution in [0.5, 0.6) is 5.75 Å². The summed E-state index contributed by atoms with van der Waals surface area (Å²) in [5.74, 6) is -1.16. The van der Waals surface area contributed by atoms with E-state index in [4.69, 9.17) is 9.84 Å². The number of hydrogen-bond donors (Lipinski definition) is 1. The number of amides is 1. The Morgan fingerprint density at radius 3 is 2.38 bits per heavy atom. The van der Waals surface area contributed by atoms with Gasteiger partial charge in [0.2, 0.25) is 0 Å². The number of pyridine rings is 1. The summed E-state index contributed by atoms with van der Waals surface area (Å²) in [6.45, 7) is 3.91. The number of halogens is 1. The van der Waals surface area contributed by atoms with E-state index in [1.54, 1.807) is 44.6 Å². The molecule has 2 atom stereocenters. The number of carboxylic acid groups (broad SMARTS) is 1. The number of aliphatic carboxylic acids is 1. The fraction of sp³-hybridized carbons (Fsp3) is 0.296. The Morgan fingerprint density at radius 2 is 1.82 bits per heavy atom. The maximum absolute atomic E-state index is 14.5. The molecule has 1 fully saturated rings. The summed E-state index contributed by atoms with van der Waals surface area (Å²) in [6, 6.07) is 12.1. The monoisotopic (exact) mass is 462 g/mol. The molecule has 0 spiro atoms. The molecule has 0 bridgehead atoms. The van der Waals surface area contributed by atoms with E-state index in [0.717, 1.165) is 27.9 Å². The van der Waals surface area contributed by atoms with Gasteiger partial charge in [-0.25, -0.2) is 4.39 Å². The van der Waals surface area contributed by atoms with Crippen molar-refractivity contribution in [2.45, 2.75) is 32.8 Å². The van der Waals surface area contributed by atoms with Crippen LogP contribution in [0.1, 0.15) is 45.1 Å². The zero-order valence-corrected chi connectivity index (χ0v) is 19.6. The molecule has 0 radical (unpaired) electrons. The van der Waals surface area contributed by atoms with Gasteiger partial charge in [0.1, 0.15) is 18.2 Å². The highest BCUT2D eigenvalue weighted by Gasteiger charge is 2.45. The molecule has 6 nitrogen and oxygen atoms in total. The zero-order valence-electron chi connectivity index (χ0n) is 19.6. The molecule has 1 saturated carbocycles. The lowest BCUT2D eigenvalue weighted by molar-refractivity contribution is -0.138. The topological polar surface area (TPSA) is 79.7 Å². The Labute approximate surface area is 198 Å². The lowest BCUT2D eigenvalue weighted by Gasteiger charge is -2.16. The highest BCUT2D eigenvalue weighted by atomic mass is 19.1. The van der Waals surface area contributed by atoms with E-state index >= 15 is 0 Å². The third-order valence-electron chi connectivity index (χ3n) is 6.16. The highest BCUT2D eigenvalue weighted by Crippen LogP contribution is 2.46. The SMILES string of the molecule is Cc1cc(C(=O)N(C)C)cc(C)c1-c1ccc(F)c(COc2ccc([C@H]3C[C@@H]3C(=O)O)nc2)c1. The Hall–Kier alpha value is -3.74. The lowest BCUT2D eigenvalue weighted by Crippen LogP contribution is -2.21. The van der Waals surface area contributed by atoms with Gasteiger partial charge in [-0.15, -0.1) is 0 Å². The van der Waals surface area contributed by atoms with E-state index in [2.05, 4.69) is 4.98 Å². The molecule has 1 aromatic heterocycles. The molecule has 0 aliphatic heterocycles. The molecular formula is C27H27FN2O4. The van der Waals surface area contributed by atoms with Gasteiger partial charge in [0, 0.05) is 36.8 Å². The fourth-order valence-corrected chi connectivity index (χ4v) is 4.29. The highest BCUT2D eigenvalue weighted by molar-refractivity contribution is 5.95. The largest absolute Gasteiger partial charge is 0.487 e. The number of carbonyl (C=O) groups is 2. The molecule has 1 N–H and O–H groups in total. The number of hydrogen-bond acceptors (Lipinski definition) is 4. The van der Waals surface area contributed by atoms with Crippen LogP contribution >= 0.6 is 0 Å². The van der Waals surface area contributed by atoms with E-state index < -0.39 is 5.97 Å². The first kappa shape index (κ1) is 23.4. The Kier molecular flexibility index (Phi) is 6.37. The number of nitrogens with zero attached hydrogens (tertiary/aromatic N) is 2. The Morgan fingerprint density at radius 1 is 1.12 bits per heavy atom. The molecular weight excluding hydrogens is 435 g/mol. The van der Waals surface area contributed by atoms with Crippen LogP contribution in [-0.2, 0) is 11.4 Å². The number of carbonyl (C=O) groups excluding carboxylic acids is 1. The lowest BCUT2D eigenvalue weighted by atomic mass is 9.92. The van der Waals surface area contributed by atoms with Gasteiger partial charge in [-0.1, -0.05) is 6.07 Å². The normalized spacial score (nSPS) is 16.7.